The van der Waals surface area contributed by atoms with Gasteiger partial charge in [0.15, 0.2) is 12.2 Å². The minimum atomic E-state index is -4.94. The Morgan fingerprint density at radius 1 is 0.358 bits per heavy atom. The molecule has 0 saturated heterocycles. The van der Waals surface area contributed by atoms with Gasteiger partial charge in [0.2, 0.25) is 0 Å². The van der Waals surface area contributed by atoms with Crippen molar-refractivity contribution in [2.75, 3.05) is 39.6 Å². The SMILES string of the molecule is CCCCCCCCCC(=O)O[C@H](COC(=O)CCCCCCC)COP(=O)(O)OC[C@H](O)COP(=O)(O)OC[C@@H](COC(=O)CCCCCCCCC(C)CC)OC(=O)CCCCCCCCCCCCCCCCCCC(C)C. The molecule has 0 fully saturated rings. The van der Waals surface area contributed by atoms with Crippen molar-refractivity contribution in [1.82, 2.24) is 0 Å². The van der Waals surface area contributed by atoms with Gasteiger partial charge >= 0.3 is 39.5 Å². The Labute approximate surface area is 492 Å². The van der Waals surface area contributed by atoms with E-state index >= 15 is 0 Å². The lowest BCUT2D eigenvalue weighted by Crippen LogP contribution is -2.30. The lowest BCUT2D eigenvalue weighted by atomic mass is 10.00. The Morgan fingerprint density at radius 2 is 0.630 bits per heavy atom. The zero-order chi connectivity index (χ0) is 60.1. The van der Waals surface area contributed by atoms with Crippen molar-refractivity contribution in [3.63, 3.8) is 0 Å². The second kappa shape index (κ2) is 54.7. The molecule has 0 heterocycles. The normalized spacial score (nSPS) is 14.7. The number of carbonyl (C=O) groups excluding carboxylic acids is 4. The lowest BCUT2D eigenvalue weighted by molar-refractivity contribution is -0.161. The van der Waals surface area contributed by atoms with Crippen LogP contribution in [0, 0.1) is 11.8 Å². The molecule has 0 aliphatic carbocycles. The molecule has 0 saturated carbocycles. The van der Waals surface area contributed by atoms with Crippen molar-refractivity contribution in [1.29, 1.82) is 0 Å². The first-order chi connectivity index (χ1) is 38.9. The van der Waals surface area contributed by atoms with E-state index in [4.69, 9.17) is 37.0 Å². The standard InChI is InChI=1S/C62H120O17P2/c1-7-10-12-14-25-34-40-46-61(66)78-57(50-72-59(64)44-38-30-13-11-8-2)52-76-80(68,69)74-48-56(63)49-75-81(70,71)77-53-58(51-73-60(65)45-39-33-29-28-32-37-43-55(6)9-3)79-62(67)47-41-35-27-24-22-20-18-16-15-17-19-21-23-26-31-36-42-54(4)5/h54-58,63H,7-53H2,1-6H3,(H,68,69)(H,70,71)/t55?,56-,57+,58+/m0/s1. The van der Waals surface area contributed by atoms with E-state index in [0.717, 1.165) is 127 Å². The highest BCUT2D eigenvalue weighted by Gasteiger charge is 2.30. The van der Waals surface area contributed by atoms with Gasteiger partial charge in [-0.15, -0.1) is 0 Å². The highest BCUT2D eigenvalue weighted by Crippen LogP contribution is 2.45. The molecule has 17 nitrogen and oxygen atoms in total. The first-order valence-corrected chi connectivity index (χ1v) is 35.5. The van der Waals surface area contributed by atoms with Gasteiger partial charge in [0.05, 0.1) is 26.4 Å². The number of carbonyl (C=O) groups is 4. The first-order valence-electron chi connectivity index (χ1n) is 32.5. The van der Waals surface area contributed by atoms with E-state index in [9.17, 15) is 43.2 Å². The number of hydrogen-bond donors (Lipinski definition) is 3. The van der Waals surface area contributed by atoms with Crippen molar-refractivity contribution in [2.24, 2.45) is 11.8 Å². The van der Waals surface area contributed by atoms with E-state index in [2.05, 4.69) is 41.5 Å². The summed E-state index contributed by atoms with van der Waals surface area (Å²) in [6, 6.07) is 0. The molecule has 81 heavy (non-hydrogen) atoms. The molecule has 6 atom stereocenters. The minimum absolute atomic E-state index is 0.102. The minimum Gasteiger partial charge on any atom is -0.462 e. The van der Waals surface area contributed by atoms with Crippen LogP contribution < -0.4 is 0 Å². The predicted molar refractivity (Wildman–Crippen MR) is 321 cm³/mol. The van der Waals surface area contributed by atoms with Crippen molar-refractivity contribution < 1.29 is 80.2 Å². The van der Waals surface area contributed by atoms with Gasteiger partial charge < -0.3 is 33.8 Å². The topological polar surface area (TPSA) is 237 Å². The maximum absolute atomic E-state index is 13.0. The molecule has 0 amide bonds. The third-order valence-corrected chi connectivity index (χ3v) is 16.5. The summed E-state index contributed by atoms with van der Waals surface area (Å²) >= 11 is 0. The fourth-order valence-corrected chi connectivity index (χ4v) is 10.7. The number of phosphoric acid groups is 2. The summed E-state index contributed by atoms with van der Waals surface area (Å²) in [7, 11) is -9.87. The fourth-order valence-electron chi connectivity index (χ4n) is 9.15. The second-order valence-corrected chi connectivity index (χ2v) is 26.1. The smallest absolute Gasteiger partial charge is 0.462 e. The van der Waals surface area contributed by atoms with E-state index < -0.39 is 97.5 Å². The molecule has 19 heteroatoms. The monoisotopic (exact) mass is 1200 g/mol. The quantitative estimate of drug-likeness (QED) is 0.0222. The fraction of sp³-hybridized carbons (Fsp3) is 0.935. The van der Waals surface area contributed by atoms with Crippen molar-refractivity contribution in [3.8, 4) is 0 Å². The highest BCUT2D eigenvalue weighted by atomic mass is 31.2. The van der Waals surface area contributed by atoms with Gasteiger partial charge in [-0.05, 0) is 37.5 Å². The van der Waals surface area contributed by atoms with Gasteiger partial charge in [-0.2, -0.15) is 0 Å². The van der Waals surface area contributed by atoms with E-state index in [-0.39, 0.29) is 25.7 Å². The second-order valence-electron chi connectivity index (χ2n) is 23.2. The molecular formula is C62H120O17P2. The van der Waals surface area contributed by atoms with Crippen molar-refractivity contribution in [2.45, 2.75) is 323 Å². The van der Waals surface area contributed by atoms with Crippen LogP contribution in [0.2, 0.25) is 0 Å². The Hall–Kier alpha value is -1.94. The van der Waals surface area contributed by atoms with Gasteiger partial charge in [0.25, 0.3) is 0 Å². The van der Waals surface area contributed by atoms with Gasteiger partial charge in [0, 0.05) is 25.7 Å². The molecule has 3 N–H and O–H groups in total. The van der Waals surface area contributed by atoms with Crippen molar-refractivity contribution in [3.05, 3.63) is 0 Å². The van der Waals surface area contributed by atoms with Crippen LogP contribution in [-0.2, 0) is 65.4 Å². The average Bonchev–Trinajstić information content (AvgIpc) is 3.43. The Balaban J connectivity index is 5.09. The molecule has 0 radical (unpaired) electrons. The molecule has 0 spiro atoms. The number of unbranched alkanes of at least 4 members (excludes halogenated alkanes) is 30. The van der Waals surface area contributed by atoms with Crippen LogP contribution in [0.4, 0.5) is 0 Å². The Bertz CT molecular complexity index is 1600. The highest BCUT2D eigenvalue weighted by molar-refractivity contribution is 7.47. The zero-order valence-corrected chi connectivity index (χ0v) is 53.9. The van der Waals surface area contributed by atoms with Gasteiger partial charge in [-0.3, -0.25) is 37.3 Å². The zero-order valence-electron chi connectivity index (χ0n) is 52.1. The molecule has 0 aliphatic heterocycles. The molecule has 0 aromatic carbocycles. The average molecular weight is 1200 g/mol. The van der Waals surface area contributed by atoms with Crippen LogP contribution in [-0.4, -0.2) is 96.7 Å². The third-order valence-electron chi connectivity index (χ3n) is 14.6. The molecule has 0 bridgehead atoms. The Morgan fingerprint density at radius 3 is 0.938 bits per heavy atom. The van der Waals surface area contributed by atoms with Crippen molar-refractivity contribution >= 4 is 39.5 Å². The largest absolute Gasteiger partial charge is 0.472 e. The van der Waals surface area contributed by atoms with Crippen LogP contribution >= 0.6 is 15.6 Å². The van der Waals surface area contributed by atoms with Crippen LogP contribution in [0.5, 0.6) is 0 Å². The maximum atomic E-state index is 13.0. The van der Waals surface area contributed by atoms with Gasteiger partial charge in [-0.1, -0.05) is 253 Å². The molecule has 480 valence electrons. The molecular weight excluding hydrogens is 1080 g/mol. The number of hydrogen-bond acceptors (Lipinski definition) is 15. The molecule has 0 aromatic heterocycles. The molecule has 0 rings (SSSR count). The number of aliphatic hydroxyl groups excluding tert-OH is 1. The number of ether oxygens (including phenoxy) is 4. The summed E-state index contributed by atoms with van der Waals surface area (Å²) in [4.78, 5) is 71.7. The lowest BCUT2D eigenvalue weighted by Gasteiger charge is -2.21. The number of aliphatic hydroxyl groups is 1. The van der Waals surface area contributed by atoms with Crippen LogP contribution in [0.1, 0.15) is 305 Å². The summed E-state index contributed by atoms with van der Waals surface area (Å²) < 4.78 is 67.6. The predicted octanol–water partition coefficient (Wildman–Crippen LogP) is 16.9. The number of esters is 4. The summed E-state index contributed by atoms with van der Waals surface area (Å²) in [6.45, 7) is 9.34. The van der Waals surface area contributed by atoms with Crippen LogP contribution in [0.3, 0.4) is 0 Å². The Kier molecular flexibility index (Phi) is 53.4. The van der Waals surface area contributed by atoms with Crippen LogP contribution in [0.25, 0.3) is 0 Å². The van der Waals surface area contributed by atoms with Crippen LogP contribution in [0.15, 0.2) is 0 Å². The maximum Gasteiger partial charge on any atom is 0.472 e. The summed E-state index contributed by atoms with van der Waals surface area (Å²) in [5, 5.41) is 10.5. The van der Waals surface area contributed by atoms with Gasteiger partial charge in [0.1, 0.15) is 19.3 Å². The first kappa shape index (κ1) is 79.1. The summed E-state index contributed by atoms with van der Waals surface area (Å²) in [5.74, 6) is -0.613. The molecule has 3 unspecified atom stereocenters. The summed E-state index contributed by atoms with van der Waals surface area (Å²) in [5.41, 5.74) is 0. The van der Waals surface area contributed by atoms with Gasteiger partial charge in [-0.25, -0.2) is 9.13 Å². The number of phosphoric ester groups is 2. The van der Waals surface area contributed by atoms with E-state index in [0.29, 0.717) is 25.7 Å². The number of rotatable bonds is 61. The van der Waals surface area contributed by atoms with E-state index in [1.165, 1.54) is 96.3 Å². The van der Waals surface area contributed by atoms with E-state index in [1.54, 1.807) is 0 Å². The molecule has 0 aromatic rings. The third kappa shape index (κ3) is 55.7. The summed E-state index contributed by atoms with van der Waals surface area (Å²) in [6.07, 6.45) is 36.8. The van der Waals surface area contributed by atoms with E-state index in [1.807, 2.05) is 0 Å². The molecule has 0 aliphatic rings.